The third kappa shape index (κ3) is 6.85. The van der Waals surface area contributed by atoms with Crippen LogP contribution in [0.1, 0.15) is 67.4 Å². The number of ether oxygens (including phenoxy) is 1. The smallest absolute Gasteiger partial charge is 0.412 e. The average Bonchev–Trinajstić information content (AvgIpc) is 2.82. The van der Waals surface area contributed by atoms with Crippen molar-refractivity contribution in [2.75, 3.05) is 11.9 Å². The molecule has 0 fully saturated rings. The van der Waals surface area contributed by atoms with Gasteiger partial charge in [-0.05, 0) is 59.6 Å². The first-order valence-electron chi connectivity index (χ1n) is 13.1. The van der Waals surface area contributed by atoms with E-state index < -0.39 is 20.0 Å². The number of benzene rings is 2. The van der Waals surface area contributed by atoms with E-state index in [2.05, 4.69) is 93.5 Å². The minimum absolute atomic E-state index is 0.108. The Morgan fingerprint density at radius 1 is 0.868 bits per heavy atom. The Balaban J connectivity index is 1.93. The van der Waals surface area contributed by atoms with Crippen molar-refractivity contribution < 1.29 is 14.0 Å². The molecule has 3 aromatic rings. The fourth-order valence-electron chi connectivity index (χ4n) is 4.88. The number of amides is 1. The van der Waals surface area contributed by atoms with E-state index in [9.17, 15) is 4.79 Å². The number of hydrogen-bond donors (Lipinski definition) is 1. The first-order valence-corrected chi connectivity index (χ1v) is 15.4. The Bertz CT molecular complexity index is 1180. The van der Waals surface area contributed by atoms with Crippen molar-refractivity contribution in [3.05, 3.63) is 83.6 Å². The molecule has 1 amide bonds. The van der Waals surface area contributed by atoms with Gasteiger partial charge in [-0.1, -0.05) is 107 Å². The molecule has 0 saturated carbocycles. The average molecular weight is 553 g/mol. The van der Waals surface area contributed by atoms with Gasteiger partial charge in [-0.3, -0.25) is 5.32 Å². The highest BCUT2D eigenvalue weighted by Gasteiger charge is 2.50. The largest absolute Gasteiger partial charge is 0.444 e. The van der Waals surface area contributed by atoms with Gasteiger partial charge in [0.2, 0.25) is 0 Å². The van der Waals surface area contributed by atoms with E-state index in [1.807, 2.05) is 39.0 Å². The molecule has 1 N–H and O–H groups in total. The normalized spacial score (nSPS) is 12.8. The third-order valence-corrected chi connectivity index (χ3v) is 12.1. The lowest BCUT2D eigenvalue weighted by molar-refractivity contribution is 0.0635. The second-order valence-corrected chi connectivity index (χ2v) is 17.0. The zero-order valence-electron chi connectivity index (χ0n) is 23.9. The standard InChI is InChI=1S/C31H41ClN2O3Si/c1-29(2,3)37-28(35)34-26-25(19-21-33-27(26)32)31(7,8)20-22-36-38(30(4,5)6,23-15-11-9-12-16-23)24-17-13-10-14-18-24/h9-19,21H,20,22H2,1-8H3,(H,34,35). The van der Waals surface area contributed by atoms with Gasteiger partial charge in [0.05, 0.1) is 5.69 Å². The summed E-state index contributed by atoms with van der Waals surface area (Å²) in [4.78, 5) is 16.8. The Morgan fingerprint density at radius 3 is 1.87 bits per heavy atom. The minimum Gasteiger partial charge on any atom is -0.444 e. The molecule has 0 bridgehead atoms. The lowest BCUT2D eigenvalue weighted by atomic mass is 9.81. The topological polar surface area (TPSA) is 60.5 Å². The molecular weight excluding hydrogens is 512 g/mol. The van der Waals surface area contributed by atoms with E-state index in [0.717, 1.165) is 5.56 Å². The molecule has 2 aromatic carbocycles. The monoisotopic (exact) mass is 552 g/mol. The van der Waals surface area contributed by atoms with Crippen molar-refractivity contribution >= 4 is 42.1 Å². The summed E-state index contributed by atoms with van der Waals surface area (Å²) < 4.78 is 12.6. The highest BCUT2D eigenvalue weighted by Crippen LogP contribution is 2.39. The van der Waals surface area contributed by atoms with Gasteiger partial charge in [-0.2, -0.15) is 0 Å². The van der Waals surface area contributed by atoms with Gasteiger partial charge in [-0.25, -0.2) is 9.78 Å². The van der Waals surface area contributed by atoms with Crippen LogP contribution in [0.2, 0.25) is 10.2 Å². The second-order valence-electron chi connectivity index (χ2n) is 12.3. The van der Waals surface area contributed by atoms with E-state index in [0.29, 0.717) is 18.7 Å². The molecule has 204 valence electrons. The van der Waals surface area contributed by atoms with Gasteiger partial charge < -0.3 is 9.16 Å². The van der Waals surface area contributed by atoms with Gasteiger partial charge in [0.25, 0.3) is 8.32 Å². The van der Waals surface area contributed by atoms with Crippen LogP contribution in [0.3, 0.4) is 0 Å². The molecule has 1 heterocycles. The molecule has 0 spiro atoms. The Labute approximate surface area is 234 Å². The molecule has 0 saturated heterocycles. The molecule has 5 nitrogen and oxygen atoms in total. The molecular formula is C31H41ClN2O3Si. The Hall–Kier alpha value is -2.67. The van der Waals surface area contributed by atoms with Crippen molar-refractivity contribution in [1.29, 1.82) is 0 Å². The van der Waals surface area contributed by atoms with Crippen LogP contribution in [0, 0.1) is 0 Å². The van der Waals surface area contributed by atoms with Crippen LogP contribution in [0.15, 0.2) is 72.9 Å². The number of halogens is 1. The van der Waals surface area contributed by atoms with Crippen LogP contribution in [-0.4, -0.2) is 31.6 Å². The van der Waals surface area contributed by atoms with E-state index in [4.69, 9.17) is 20.8 Å². The SMILES string of the molecule is CC(C)(C)OC(=O)Nc1c(C(C)(C)CCO[Si](c2ccccc2)(c2ccccc2)C(C)(C)C)ccnc1Cl. The van der Waals surface area contributed by atoms with Crippen LogP contribution < -0.4 is 15.7 Å². The molecule has 0 aliphatic heterocycles. The molecule has 0 aliphatic rings. The Morgan fingerprint density at radius 2 is 1.39 bits per heavy atom. The number of nitrogens with one attached hydrogen (secondary N) is 1. The summed E-state index contributed by atoms with van der Waals surface area (Å²) in [5.41, 5.74) is 0.355. The molecule has 7 heteroatoms. The second kappa shape index (κ2) is 11.6. The number of anilines is 1. The predicted molar refractivity (Wildman–Crippen MR) is 160 cm³/mol. The first kappa shape index (κ1) is 29.9. The number of rotatable bonds is 8. The number of hydrogen-bond acceptors (Lipinski definition) is 4. The van der Waals surface area contributed by atoms with E-state index >= 15 is 0 Å². The summed E-state index contributed by atoms with van der Waals surface area (Å²) in [6.07, 6.45) is 1.82. The number of pyridine rings is 1. The molecule has 0 aliphatic carbocycles. The fraction of sp³-hybridized carbons (Fsp3) is 0.419. The van der Waals surface area contributed by atoms with Crippen molar-refractivity contribution in [3.8, 4) is 0 Å². The van der Waals surface area contributed by atoms with E-state index in [-0.39, 0.29) is 15.6 Å². The van der Waals surface area contributed by atoms with Gasteiger partial charge >= 0.3 is 6.09 Å². The Kier molecular flexibility index (Phi) is 9.12. The molecule has 0 atom stereocenters. The summed E-state index contributed by atoms with van der Waals surface area (Å²) in [6, 6.07) is 23.1. The number of aromatic nitrogens is 1. The maximum Gasteiger partial charge on any atom is 0.412 e. The zero-order valence-corrected chi connectivity index (χ0v) is 25.6. The van der Waals surface area contributed by atoms with E-state index in [1.54, 1.807) is 6.20 Å². The van der Waals surface area contributed by atoms with Crippen LogP contribution in [0.5, 0.6) is 0 Å². The number of carbonyl (C=O) groups is 1. The van der Waals surface area contributed by atoms with Crippen molar-refractivity contribution in [3.63, 3.8) is 0 Å². The third-order valence-electron chi connectivity index (χ3n) is 6.72. The fourth-order valence-corrected chi connectivity index (χ4v) is 9.65. The van der Waals surface area contributed by atoms with Crippen LogP contribution in [-0.2, 0) is 14.6 Å². The highest BCUT2D eigenvalue weighted by molar-refractivity contribution is 6.99. The number of carbonyl (C=O) groups excluding carboxylic acids is 1. The predicted octanol–water partition coefficient (Wildman–Crippen LogP) is 7.33. The maximum absolute atomic E-state index is 12.6. The summed E-state index contributed by atoms with van der Waals surface area (Å²) >= 11 is 6.47. The van der Waals surface area contributed by atoms with E-state index in [1.165, 1.54) is 10.4 Å². The van der Waals surface area contributed by atoms with Gasteiger partial charge in [-0.15, -0.1) is 0 Å². The highest BCUT2D eigenvalue weighted by atomic mass is 35.5. The van der Waals surface area contributed by atoms with Crippen molar-refractivity contribution in [2.45, 2.75) is 77.9 Å². The zero-order chi connectivity index (χ0) is 28.2. The lowest BCUT2D eigenvalue weighted by Gasteiger charge is -2.43. The van der Waals surface area contributed by atoms with Gasteiger partial charge in [0.1, 0.15) is 5.60 Å². The van der Waals surface area contributed by atoms with Crippen LogP contribution in [0.4, 0.5) is 10.5 Å². The summed E-state index contributed by atoms with van der Waals surface area (Å²) in [5, 5.41) is 5.45. The molecule has 38 heavy (non-hydrogen) atoms. The first-order chi connectivity index (χ1) is 17.7. The van der Waals surface area contributed by atoms with Gasteiger partial charge in [0, 0.05) is 12.8 Å². The van der Waals surface area contributed by atoms with Gasteiger partial charge in [0.15, 0.2) is 5.15 Å². The van der Waals surface area contributed by atoms with Crippen LogP contribution >= 0.6 is 11.6 Å². The lowest BCUT2D eigenvalue weighted by Crippen LogP contribution is -2.66. The van der Waals surface area contributed by atoms with Crippen molar-refractivity contribution in [1.82, 2.24) is 4.98 Å². The maximum atomic E-state index is 12.6. The van der Waals surface area contributed by atoms with Crippen molar-refractivity contribution in [2.24, 2.45) is 0 Å². The summed E-state index contributed by atoms with van der Waals surface area (Å²) in [5.74, 6) is 0. The number of nitrogens with zero attached hydrogens (tertiary/aromatic N) is 1. The minimum atomic E-state index is -2.66. The van der Waals surface area contributed by atoms with Crippen LogP contribution in [0.25, 0.3) is 0 Å². The molecule has 0 unspecified atom stereocenters. The quantitative estimate of drug-likeness (QED) is 0.235. The summed E-state index contributed by atoms with van der Waals surface area (Å²) in [6.45, 7) is 17.1. The molecule has 0 radical (unpaired) electrons. The molecule has 3 rings (SSSR count). The molecule has 1 aromatic heterocycles. The summed E-state index contributed by atoms with van der Waals surface area (Å²) in [7, 11) is -2.66.